The third-order valence-electron chi connectivity index (χ3n) is 5.01. The molecule has 2 N–H and O–H groups in total. The van der Waals surface area contributed by atoms with Gasteiger partial charge in [0.2, 0.25) is 0 Å². The zero-order valence-corrected chi connectivity index (χ0v) is 14.1. The van der Waals surface area contributed by atoms with Crippen LogP contribution in [0.3, 0.4) is 0 Å². The van der Waals surface area contributed by atoms with Crippen LogP contribution in [0.15, 0.2) is 29.6 Å². The predicted octanol–water partition coefficient (Wildman–Crippen LogP) is 3.12. The molecule has 1 saturated carbocycles. The maximum atomic E-state index is 6.60. The Kier molecular flexibility index (Phi) is 3.43. The summed E-state index contributed by atoms with van der Waals surface area (Å²) in [4.78, 5) is 8.87. The van der Waals surface area contributed by atoms with E-state index in [1.807, 2.05) is 31.2 Å². The summed E-state index contributed by atoms with van der Waals surface area (Å²) in [5, 5.41) is 7.35. The monoisotopic (exact) mass is 329 g/mol. The second kappa shape index (κ2) is 5.35. The number of aliphatic imine (C=N–C) groups is 1. The number of nitrogens with zero attached hydrogens (tertiary/aromatic N) is 3. The second-order valence-electron chi connectivity index (χ2n) is 6.28. The minimum Gasteiger partial charge on any atom is -0.343 e. The van der Waals surface area contributed by atoms with E-state index in [0.717, 1.165) is 47.3 Å². The number of nitrogens with one attached hydrogen (secondary N) is 2. The van der Waals surface area contributed by atoms with Crippen molar-refractivity contribution in [3.05, 3.63) is 40.9 Å². The SMILES string of the molecule is CN=C1Nc2cc(-n3cnc(CNC)c3)c(Cl)cc2C12CCC2. The number of halogens is 1. The van der Waals surface area contributed by atoms with E-state index in [1.165, 1.54) is 12.0 Å². The fourth-order valence-electron chi connectivity index (χ4n) is 3.71. The molecule has 23 heavy (non-hydrogen) atoms. The Hall–Kier alpha value is -1.85. The number of anilines is 1. The standard InChI is InChI=1S/C17H20ClN5/c1-19-8-11-9-23(10-21-11)15-7-14-12(6-13(15)18)17(4-3-5-17)16(20-2)22-14/h6-7,9-10,19H,3-5,8H2,1-2H3,(H,20,22). The molecule has 0 bridgehead atoms. The Labute approximate surface area is 140 Å². The third kappa shape index (κ3) is 2.11. The Morgan fingerprint density at radius 2 is 2.26 bits per heavy atom. The van der Waals surface area contributed by atoms with Crippen LogP contribution in [0.1, 0.15) is 30.5 Å². The highest BCUT2D eigenvalue weighted by atomic mass is 35.5. The van der Waals surface area contributed by atoms with Gasteiger partial charge >= 0.3 is 0 Å². The average Bonchev–Trinajstić information content (AvgIpc) is 3.07. The van der Waals surface area contributed by atoms with Crippen LogP contribution < -0.4 is 10.6 Å². The van der Waals surface area contributed by atoms with Crippen molar-refractivity contribution in [3.8, 4) is 5.69 Å². The zero-order valence-electron chi connectivity index (χ0n) is 13.4. The molecule has 1 aliphatic carbocycles. The van der Waals surface area contributed by atoms with Crippen molar-refractivity contribution < 1.29 is 0 Å². The van der Waals surface area contributed by atoms with E-state index >= 15 is 0 Å². The maximum Gasteiger partial charge on any atom is 0.111 e. The Bertz CT molecular complexity index is 788. The smallest absolute Gasteiger partial charge is 0.111 e. The van der Waals surface area contributed by atoms with Gasteiger partial charge in [-0.25, -0.2) is 4.98 Å². The van der Waals surface area contributed by atoms with E-state index < -0.39 is 0 Å². The van der Waals surface area contributed by atoms with Crippen molar-refractivity contribution in [3.63, 3.8) is 0 Å². The molecule has 2 heterocycles. The van der Waals surface area contributed by atoms with Crippen molar-refractivity contribution in [2.75, 3.05) is 19.4 Å². The average molecular weight is 330 g/mol. The summed E-state index contributed by atoms with van der Waals surface area (Å²) in [6.45, 7) is 0.740. The van der Waals surface area contributed by atoms with Crippen LogP contribution in [0.4, 0.5) is 5.69 Å². The van der Waals surface area contributed by atoms with Crippen molar-refractivity contribution in [2.24, 2.45) is 4.99 Å². The van der Waals surface area contributed by atoms with Crippen molar-refractivity contribution in [2.45, 2.75) is 31.2 Å². The lowest BCUT2D eigenvalue weighted by Crippen LogP contribution is -2.41. The summed E-state index contributed by atoms with van der Waals surface area (Å²) in [6, 6.07) is 4.22. The number of hydrogen-bond acceptors (Lipinski definition) is 3. The van der Waals surface area contributed by atoms with Gasteiger partial charge in [-0.1, -0.05) is 18.0 Å². The summed E-state index contributed by atoms with van der Waals surface area (Å²) in [6.07, 6.45) is 7.35. The molecule has 1 spiro atoms. The van der Waals surface area contributed by atoms with E-state index in [9.17, 15) is 0 Å². The van der Waals surface area contributed by atoms with Crippen LogP contribution in [0.5, 0.6) is 0 Å². The van der Waals surface area contributed by atoms with Crippen LogP contribution in [0.25, 0.3) is 5.69 Å². The number of fused-ring (bicyclic) bond motifs is 2. The van der Waals surface area contributed by atoms with Crippen LogP contribution in [0, 0.1) is 0 Å². The normalized spacial score (nSPS) is 19.7. The first kappa shape index (κ1) is 14.7. The van der Waals surface area contributed by atoms with Crippen LogP contribution in [-0.4, -0.2) is 29.5 Å². The third-order valence-corrected chi connectivity index (χ3v) is 5.31. The maximum absolute atomic E-state index is 6.60. The molecule has 5 nitrogen and oxygen atoms in total. The molecule has 0 amide bonds. The molecule has 0 atom stereocenters. The highest BCUT2D eigenvalue weighted by Crippen LogP contribution is 2.52. The molecule has 1 aromatic heterocycles. The van der Waals surface area contributed by atoms with Gasteiger partial charge < -0.3 is 15.2 Å². The van der Waals surface area contributed by atoms with E-state index in [0.29, 0.717) is 0 Å². The molecular formula is C17H20ClN5. The summed E-state index contributed by atoms with van der Waals surface area (Å²) < 4.78 is 1.98. The number of amidine groups is 1. The van der Waals surface area contributed by atoms with Crippen molar-refractivity contribution in [1.29, 1.82) is 0 Å². The molecular weight excluding hydrogens is 310 g/mol. The van der Waals surface area contributed by atoms with Gasteiger partial charge in [-0.2, -0.15) is 0 Å². The largest absolute Gasteiger partial charge is 0.343 e. The molecule has 6 heteroatoms. The number of rotatable bonds is 3. The van der Waals surface area contributed by atoms with Gasteiger partial charge in [0.15, 0.2) is 0 Å². The van der Waals surface area contributed by atoms with Gasteiger partial charge in [0.05, 0.1) is 28.1 Å². The first-order chi connectivity index (χ1) is 11.2. The molecule has 1 fully saturated rings. The van der Waals surface area contributed by atoms with Gasteiger partial charge in [0.1, 0.15) is 5.84 Å². The molecule has 0 unspecified atom stereocenters. The fraction of sp³-hybridized carbons (Fsp3) is 0.412. The minimum absolute atomic E-state index is 0.0679. The lowest BCUT2D eigenvalue weighted by atomic mass is 9.65. The molecule has 2 aliphatic rings. The predicted molar refractivity (Wildman–Crippen MR) is 93.8 cm³/mol. The minimum atomic E-state index is 0.0679. The molecule has 0 radical (unpaired) electrons. The van der Waals surface area contributed by atoms with E-state index in [4.69, 9.17) is 11.6 Å². The van der Waals surface area contributed by atoms with Gasteiger partial charge in [0.25, 0.3) is 0 Å². The summed E-state index contributed by atoms with van der Waals surface area (Å²) in [7, 11) is 3.77. The topological polar surface area (TPSA) is 54.2 Å². The molecule has 4 rings (SSSR count). The van der Waals surface area contributed by atoms with Crippen LogP contribution >= 0.6 is 11.6 Å². The van der Waals surface area contributed by atoms with Crippen LogP contribution in [-0.2, 0) is 12.0 Å². The van der Waals surface area contributed by atoms with Gasteiger partial charge in [0, 0.05) is 25.5 Å². The van der Waals surface area contributed by atoms with Crippen molar-refractivity contribution >= 4 is 23.1 Å². The molecule has 120 valence electrons. The summed E-state index contributed by atoms with van der Waals surface area (Å²) >= 11 is 6.60. The molecule has 1 aliphatic heterocycles. The molecule has 2 aromatic rings. The quantitative estimate of drug-likeness (QED) is 0.909. The number of benzene rings is 1. The number of hydrogen-bond donors (Lipinski definition) is 2. The number of aromatic nitrogens is 2. The summed E-state index contributed by atoms with van der Waals surface area (Å²) in [5.74, 6) is 1.08. The lowest BCUT2D eigenvalue weighted by Gasteiger charge is -2.38. The van der Waals surface area contributed by atoms with Gasteiger partial charge in [-0.05, 0) is 37.6 Å². The summed E-state index contributed by atoms with van der Waals surface area (Å²) in [5.41, 5.74) is 4.41. The highest BCUT2D eigenvalue weighted by Gasteiger charge is 2.49. The fourth-order valence-corrected chi connectivity index (χ4v) is 3.97. The van der Waals surface area contributed by atoms with E-state index in [1.54, 1.807) is 0 Å². The highest BCUT2D eigenvalue weighted by molar-refractivity contribution is 6.33. The Morgan fingerprint density at radius 3 is 2.91 bits per heavy atom. The van der Waals surface area contributed by atoms with Crippen LogP contribution in [0.2, 0.25) is 5.02 Å². The molecule has 0 saturated heterocycles. The Morgan fingerprint density at radius 1 is 1.43 bits per heavy atom. The Balaban J connectivity index is 1.78. The first-order valence-corrected chi connectivity index (χ1v) is 8.32. The zero-order chi connectivity index (χ0) is 16.0. The number of imidazole rings is 1. The van der Waals surface area contributed by atoms with Gasteiger partial charge in [-0.15, -0.1) is 0 Å². The van der Waals surface area contributed by atoms with Gasteiger partial charge in [-0.3, -0.25) is 4.99 Å². The van der Waals surface area contributed by atoms with Crippen molar-refractivity contribution in [1.82, 2.24) is 14.9 Å². The first-order valence-electron chi connectivity index (χ1n) is 7.94. The molecule has 1 aromatic carbocycles. The lowest BCUT2D eigenvalue weighted by molar-refractivity contribution is 0.347. The second-order valence-corrected chi connectivity index (χ2v) is 6.69. The van der Waals surface area contributed by atoms with E-state index in [2.05, 4.69) is 32.7 Å². The van der Waals surface area contributed by atoms with E-state index in [-0.39, 0.29) is 5.41 Å².